The van der Waals surface area contributed by atoms with Crippen LogP contribution in [0.3, 0.4) is 0 Å². The van der Waals surface area contributed by atoms with Crippen LogP contribution in [-0.4, -0.2) is 19.0 Å². The monoisotopic (exact) mass is 196 g/mol. The summed E-state index contributed by atoms with van der Waals surface area (Å²) >= 11 is 0. The smallest absolute Gasteiger partial charge is 0.155 e. The van der Waals surface area contributed by atoms with E-state index in [2.05, 4.69) is 5.92 Å². The highest BCUT2D eigenvalue weighted by Gasteiger charge is 2.25. The Kier molecular flexibility index (Phi) is 5.00. The lowest BCUT2D eigenvalue weighted by atomic mass is 9.87. The van der Waals surface area contributed by atoms with Crippen molar-refractivity contribution in [3.63, 3.8) is 0 Å². The van der Waals surface area contributed by atoms with Gasteiger partial charge in [-0.2, -0.15) is 0 Å². The van der Waals surface area contributed by atoms with Crippen molar-refractivity contribution in [2.45, 2.75) is 51.9 Å². The predicted octanol–water partition coefficient (Wildman–Crippen LogP) is 2.58. The van der Waals surface area contributed by atoms with Crippen LogP contribution in [0.4, 0.5) is 0 Å². The predicted molar refractivity (Wildman–Crippen MR) is 56.8 cm³/mol. The topological polar surface area (TPSA) is 18.5 Å². The molecule has 2 nitrogen and oxygen atoms in total. The van der Waals surface area contributed by atoms with Crippen LogP contribution < -0.4 is 0 Å². The molecular weight excluding hydrogens is 176 g/mol. The minimum absolute atomic E-state index is 0.126. The molecule has 1 saturated carbocycles. The van der Waals surface area contributed by atoms with Crippen molar-refractivity contribution >= 4 is 0 Å². The Morgan fingerprint density at radius 1 is 1.43 bits per heavy atom. The Morgan fingerprint density at radius 3 is 2.79 bits per heavy atom. The van der Waals surface area contributed by atoms with Crippen molar-refractivity contribution in [2.24, 2.45) is 5.92 Å². The summed E-state index contributed by atoms with van der Waals surface area (Å²) in [4.78, 5) is 0. The molecule has 1 fully saturated rings. The molecule has 1 aliphatic rings. The van der Waals surface area contributed by atoms with E-state index in [-0.39, 0.29) is 18.3 Å². The second kappa shape index (κ2) is 6.06. The zero-order chi connectivity index (χ0) is 10.4. The van der Waals surface area contributed by atoms with Gasteiger partial charge in [-0.3, -0.25) is 0 Å². The molecule has 0 aromatic rings. The van der Waals surface area contributed by atoms with Crippen LogP contribution in [-0.2, 0) is 9.47 Å². The van der Waals surface area contributed by atoms with Gasteiger partial charge < -0.3 is 9.47 Å². The van der Waals surface area contributed by atoms with Gasteiger partial charge in [-0.1, -0.05) is 12.8 Å². The first-order chi connectivity index (χ1) is 6.77. The maximum absolute atomic E-state index is 5.77. The Morgan fingerprint density at radius 2 is 2.14 bits per heavy atom. The van der Waals surface area contributed by atoms with Crippen LogP contribution in [0.25, 0.3) is 0 Å². The molecule has 80 valence electrons. The van der Waals surface area contributed by atoms with Crippen molar-refractivity contribution in [3.05, 3.63) is 0 Å². The summed E-state index contributed by atoms with van der Waals surface area (Å²) < 4.78 is 11.1. The fourth-order valence-corrected chi connectivity index (χ4v) is 1.97. The van der Waals surface area contributed by atoms with Gasteiger partial charge in [-0.15, -0.1) is 12.3 Å². The highest BCUT2D eigenvalue weighted by molar-refractivity contribution is 4.98. The van der Waals surface area contributed by atoms with Crippen LogP contribution >= 0.6 is 0 Å². The summed E-state index contributed by atoms with van der Waals surface area (Å²) in [5.74, 6) is 3.10. The van der Waals surface area contributed by atoms with E-state index in [1.165, 1.54) is 12.8 Å². The molecule has 1 aliphatic carbocycles. The largest absolute Gasteiger partial charge is 0.353 e. The lowest BCUT2D eigenvalue weighted by molar-refractivity contribution is -0.170. The van der Waals surface area contributed by atoms with Crippen LogP contribution in [0.5, 0.6) is 0 Å². The molecule has 1 rings (SSSR count). The zero-order valence-electron chi connectivity index (χ0n) is 9.16. The molecule has 0 bridgehead atoms. The van der Waals surface area contributed by atoms with Crippen LogP contribution in [0, 0.1) is 18.3 Å². The molecule has 0 aromatic carbocycles. The summed E-state index contributed by atoms with van der Waals surface area (Å²) in [7, 11) is 0. The zero-order valence-corrected chi connectivity index (χ0v) is 9.16. The van der Waals surface area contributed by atoms with E-state index in [1.807, 2.05) is 13.8 Å². The Hall–Kier alpha value is -0.520. The maximum Gasteiger partial charge on any atom is 0.155 e. The molecule has 1 unspecified atom stereocenters. The van der Waals surface area contributed by atoms with Gasteiger partial charge in [0.2, 0.25) is 0 Å². The van der Waals surface area contributed by atoms with Crippen molar-refractivity contribution < 1.29 is 9.47 Å². The van der Waals surface area contributed by atoms with Crippen molar-refractivity contribution in [2.75, 3.05) is 6.61 Å². The van der Waals surface area contributed by atoms with Crippen molar-refractivity contribution in [1.82, 2.24) is 0 Å². The van der Waals surface area contributed by atoms with Gasteiger partial charge >= 0.3 is 0 Å². The molecule has 0 heterocycles. The second-order valence-electron chi connectivity index (χ2n) is 3.76. The van der Waals surface area contributed by atoms with Crippen LogP contribution in [0.1, 0.15) is 39.5 Å². The SMILES string of the molecule is C#C[C@H]1CCCC[C@@H]1OC(C)OCC. The lowest BCUT2D eigenvalue weighted by Gasteiger charge is -2.30. The van der Waals surface area contributed by atoms with Crippen molar-refractivity contribution in [3.8, 4) is 12.3 Å². The summed E-state index contributed by atoms with van der Waals surface area (Å²) in [5.41, 5.74) is 0. The Bertz CT molecular complexity index is 195. The molecule has 0 aromatic heterocycles. The minimum Gasteiger partial charge on any atom is -0.353 e. The summed E-state index contributed by atoms with van der Waals surface area (Å²) in [6, 6.07) is 0. The van der Waals surface area contributed by atoms with Crippen LogP contribution in [0.15, 0.2) is 0 Å². The van der Waals surface area contributed by atoms with Gasteiger partial charge in [0.1, 0.15) is 0 Å². The first kappa shape index (κ1) is 11.6. The molecular formula is C12H20O2. The number of hydrogen-bond donors (Lipinski definition) is 0. The Balaban J connectivity index is 2.37. The van der Waals surface area contributed by atoms with Gasteiger partial charge in [-0.25, -0.2) is 0 Å². The molecule has 3 atom stereocenters. The van der Waals surface area contributed by atoms with Crippen LogP contribution in [0.2, 0.25) is 0 Å². The number of terminal acetylenes is 1. The number of ether oxygens (including phenoxy) is 2. The van der Waals surface area contributed by atoms with E-state index in [4.69, 9.17) is 15.9 Å². The van der Waals surface area contributed by atoms with E-state index in [0.717, 1.165) is 12.8 Å². The quantitative estimate of drug-likeness (QED) is 0.508. The highest BCUT2D eigenvalue weighted by Crippen LogP contribution is 2.27. The third kappa shape index (κ3) is 3.32. The van der Waals surface area contributed by atoms with Gasteiger partial charge in [0.25, 0.3) is 0 Å². The molecule has 2 heteroatoms. The normalized spacial score (nSPS) is 29.5. The standard InChI is InChI=1S/C12H20O2/c1-4-11-8-6-7-9-12(11)14-10(3)13-5-2/h1,10-12H,5-9H2,2-3H3/t10?,11-,12-/m0/s1. The van der Waals surface area contributed by atoms with E-state index < -0.39 is 0 Å². The van der Waals surface area contributed by atoms with E-state index in [0.29, 0.717) is 6.61 Å². The molecule has 0 spiro atoms. The highest BCUT2D eigenvalue weighted by atomic mass is 16.7. The second-order valence-corrected chi connectivity index (χ2v) is 3.76. The van der Waals surface area contributed by atoms with Gasteiger partial charge in [0.05, 0.1) is 6.10 Å². The van der Waals surface area contributed by atoms with Gasteiger partial charge in [-0.05, 0) is 26.7 Å². The van der Waals surface area contributed by atoms with E-state index >= 15 is 0 Å². The molecule has 0 radical (unpaired) electrons. The van der Waals surface area contributed by atoms with E-state index in [9.17, 15) is 0 Å². The van der Waals surface area contributed by atoms with Gasteiger partial charge in [0, 0.05) is 12.5 Å². The third-order valence-corrected chi connectivity index (χ3v) is 2.68. The number of rotatable bonds is 4. The molecule has 0 aliphatic heterocycles. The molecule has 0 amide bonds. The average Bonchev–Trinajstić information content (AvgIpc) is 2.19. The van der Waals surface area contributed by atoms with Gasteiger partial charge in [0.15, 0.2) is 6.29 Å². The molecule has 0 saturated heterocycles. The molecule has 0 N–H and O–H groups in total. The van der Waals surface area contributed by atoms with E-state index in [1.54, 1.807) is 0 Å². The first-order valence-corrected chi connectivity index (χ1v) is 5.51. The van der Waals surface area contributed by atoms with Crippen molar-refractivity contribution in [1.29, 1.82) is 0 Å². The average molecular weight is 196 g/mol. The Labute approximate surface area is 87.0 Å². The minimum atomic E-state index is -0.126. The first-order valence-electron chi connectivity index (χ1n) is 5.51. The maximum atomic E-state index is 5.77. The summed E-state index contributed by atoms with van der Waals surface area (Å²) in [6.45, 7) is 4.60. The third-order valence-electron chi connectivity index (χ3n) is 2.68. The summed E-state index contributed by atoms with van der Waals surface area (Å²) in [5, 5.41) is 0. The number of hydrogen-bond acceptors (Lipinski definition) is 2. The lowest BCUT2D eigenvalue weighted by Crippen LogP contribution is -2.31. The fourth-order valence-electron chi connectivity index (χ4n) is 1.97. The summed E-state index contributed by atoms with van der Waals surface area (Å²) in [6.07, 6.45) is 10.2. The molecule has 14 heavy (non-hydrogen) atoms. The fraction of sp³-hybridized carbons (Fsp3) is 0.833.